The molecule has 18 heteroatoms. The van der Waals surface area contributed by atoms with Crippen molar-refractivity contribution in [1.82, 2.24) is 70.4 Å². The number of rotatable bonds is 10. The Morgan fingerprint density at radius 3 is 1.83 bits per heavy atom. The van der Waals surface area contributed by atoms with Gasteiger partial charge in [-0.05, 0) is 56.6 Å². The summed E-state index contributed by atoms with van der Waals surface area (Å²) in [4.78, 5) is 53.6. The summed E-state index contributed by atoms with van der Waals surface area (Å²) in [6.45, 7) is 3.21. The largest absolute Gasteiger partial charge is 0.397 e. The van der Waals surface area contributed by atoms with E-state index in [-0.39, 0.29) is 18.0 Å². The van der Waals surface area contributed by atoms with Crippen LogP contribution in [-0.2, 0) is 20.6 Å². The summed E-state index contributed by atoms with van der Waals surface area (Å²) in [6, 6.07) is 31.0. The minimum absolute atomic E-state index is 0.189. The van der Waals surface area contributed by atoms with Gasteiger partial charge in [-0.3, -0.25) is 24.2 Å². The standard InChI is InChI=1S/C23H23N7O2.C23H21N7O.C2H6O/c1-30-18-11-16(9-10-17(18)13-25-30)19-20(27-21(26-19)15-5-3-2-4-6-15)22(31)28-29-23(32)24-12-14-7-8-14;1-29-18-11-16(9-10-17(18)12-24-29)19-20(26-21(25-19)15-5-3-2-4-6-15)22-27-28-23(31)30(22)13-14-7-8-14;1-2-3/h2-6,9-11,13-14H,7-8,12H2,1H3,(H,26,27)(H,28,31)(H2,24,29,32);2-6,9-12,14H,7-8,13H2,1H3,(H,25,26)(H,28,31);3H,2H2,1H3. The SMILES string of the molecule is CCO.Cn1ncc2ccc(-c3nc(-c4ccccc4)[nH]c3-c3n[nH]c(=O)n3CC3CC3)cc21.Cn1ncc2ccc(-c3nc(-c4ccccc4)[nH]c3C(=O)NNC(=O)NCC3CC3)cc21. The van der Waals surface area contributed by atoms with Gasteiger partial charge in [0.1, 0.15) is 34.4 Å². The molecule has 0 saturated heterocycles. The van der Waals surface area contributed by atoms with E-state index in [0.29, 0.717) is 42.3 Å². The molecule has 0 unspecified atom stereocenters. The lowest BCUT2D eigenvalue weighted by atomic mass is 10.1. The van der Waals surface area contributed by atoms with Gasteiger partial charge in [-0.1, -0.05) is 84.9 Å². The number of carbonyl (C=O) groups is 2. The number of aromatic nitrogens is 11. The van der Waals surface area contributed by atoms with Crippen molar-refractivity contribution in [2.45, 2.75) is 39.2 Å². The molecule has 5 aromatic heterocycles. The number of aliphatic hydroxyl groups excluding tert-OH is 1. The third kappa shape index (κ3) is 9.53. The van der Waals surface area contributed by atoms with E-state index < -0.39 is 11.9 Å². The molecule has 2 saturated carbocycles. The quantitative estimate of drug-likeness (QED) is 0.0735. The molecule has 0 radical (unpaired) electrons. The van der Waals surface area contributed by atoms with Gasteiger partial charge < -0.3 is 20.4 Å². The second-order valence-electron chi connectivity index (χ2n) is 16.4. The van der Waals surface area contributed by atoms with Crippen molar-refractivity contribution in [2.24, 2.45) is 25.9 Å². The summed E-state index contributed by atoms with van der Waals surface area (Å²) in [5.41, 5.74) is 12.4. The number of hydrazine groups is 1. The molecule has 0 spiro atoms. The van der Waals surface area contributed by atoms with Gasteiger partial charge in [-0.15, -0.1) is 0 Å². The number of urea groups is 1. The zero-order valence-corrected chi connectivity index (χ0v) is 36.7. The van der Waals surface area contributed by atoms with Crippen molar-refractivity contribution in [3.63, 3.8) is 0 Å². The number of hydrogen-bond acceptors (Lipinski definition) is 9. The maximum absolute atomic E-state index is 13.0. The highest BCUT2D eigenvalue weighted by molar-refractivity contribution is 6.00. The third-order valence-corrected chi connectivity index (χ3v) is 11.4. The van der Waals surface area contributed by atoms with Crippen LogP contribution >= 0.6 is 0 Å². The topological polar surface area (TPSA) is 234 Å². The van der Waals surface area contributed by atoms with Gasteiger partial charge in [0.2, 0.25) is 0 Å². The molecule has 2 fully saturated rings. The first-order valence-electron chi connectivity index (χ1n) is 21.9. The van der Waals surface area contributed by atoms with E-state index >= 15 is 0 Å². The van der Waals surface area contributed by atoms with Crippen LogP contribution in [0.15, 0.2) is 114 Å². The first-order chi connectivity index (χ1) is 32.2. The Hall–Kier alpha value is -8.12. The molecule has 5 heterocycles. The molecule has 11 rings (SSSR count). The number of imidazole rings is 2. The smallest absolute Gasteiger partial charge is 0.343 e. The van der Waals surface area contributed by atoms with Crippen molar-refractivity contribution in [3.05, 3.63) is 126 Å². The van der Waals surface area contributed by atoms with Crippen LogP contribution in [0.25, 0.3) is 78.6 Å². The van der Waals surface area contributed by atoms with Gasteiger partial charge in [-0.25, -0.2) is 30.1 Å². The summed E-state index contributed by atoms with van der Waals surface area (Å²) < 4.78 is 5.35. The Morgan fingerprint density at radius 2 is 1.26 bits per heavy atom. The van der Waals surface area contributed by atoms with Gasteiger partial charge in [0.15, 0.2) is 5.82 Å². The summed E-state index contributed by atoms with van der Waals surface area (Å²) in [6.07, 6.45) is 8.21. The molecule has 0 bridgehead atoms. The highest BCUT2D eigenvalue weighted by Gasteiger charge is 2.28. The minimum atomic E-state index is -0.485. The van der Waals surface area contributed by atoms with Gasteiger partial charge >= 0.3 is 11.7 Å². The van der Waals surface area contributed by atoms with Crippen LogP contribution in [0.1, 0.15) is 43.1 Å². The molecule has 18 nitrogen and oxygen atoms in total. The number of aromatic amines is 3. The number of nitrogens with zero attached hydrogens (tertiary/aromatic N) is 8. The number of fused-ring (bicyclic) bond motifs is 2. The van der Waals surface area contributed by atoms with Crippen molar-refractivity contribution in [1.29, 1.82) is 0 Å². The molecule has 0 aliphatic heterocycles. The van der Waals surface area contributed by atoms with Crippen molar-refractivity contribution >= 4 is 33.7 Å². The number of aliphatic hydroxyl groups is 1. The highest BCUT2D eigenvalue weighted by Crippen LogP contribution is 2.36. The fourth-order valence-electron chi connectivity index (χ4n) is 7.55. The Labute approximate surface area is 378 Å². The minimum Gasteiger partial charge on any atom is -0.397 e. The monoisotopic (exact) mass is 886 g/mol. The van der Waals surface area contributed by atoms with Crippen LogP contribution in [0, 0.1) is 11.8 Å². The van der Waals surface area contributed by atoms with Crippen LogP contribution in [0.4, 0.5) is 4.79 Å². The van der Waals surface area contributed by atoms with E-state index in [1.54, 1.807) is 22.4 Å². The van der Waals surface area contributed by atoms with Crippen LogP contribution in [-0.4, -0.2) is 84.5 Å². The molecule has 66 heavy (non-hydrogen) atoms. The van der Waals surface area contributed by atoms with Gasteiger partial charge in [0.25, 0.3) is 5.91 Å². The fraction of sp³-hybridized carbons (Fsp3) is 0.250. The van der Waals surface area contributed by atoms with E-state index in [4.69, 9.17) is 15.1 Å². The van der Waals surface area contributed by atoms with Crippen LogP contribution < -0.4 is 21.9 Å². The molecule has 336 valence electrons. The summed E-state index contributed by atoms with van der Waals surface area (Å²) in [7, 11) is 3.79. The molecular weight excluding hydrogens is 837 g/mol. The number of nitrogens with one attached hydrogen (secondary N) is 6. The number of hydrogen-bond donors (Lipinski definition) is 7. The normalized spacial score (nSPS) is 13.2. The lowest BCUT2D eigenvalue weighted by Gasteiger charge is -2.09. The first kappa shape index (κ1) is 43.1. The van der Waals surface area contributed by atoms with Crippen molar-refractivity contribution in [3.8, 4) is 56.8 Å². The average Bonchev–Trinajstić information content (AvgIpc) is 4.09. The second kappa shape index (κ2) is 18.9. The molecule has 0 atom stereocenters. The number of carbonyl (C=O) groups excluding carboxylic acids is 2. The predicted octanol–water partition coefficient (Wildman–Crippen LogP) is 6.58. The molecule has 9 aromatic rings. The summed E-state index contributed by atoms with van der Waals surface area (Å²) >= 11 is 0. The number of H-pyrrole nitrogens is 3. The van der Waals surface area contributed by atoms with Gasteiger partial charge in [-0.2, -0.15) is 15.3 Å². The van der Waals surface area contributed by atoms with E-state index in [2.05, 4.69) is 52.6 Å². The molecule has 2 aliphatic carbocycles. The summed E-state index contributed by atoms with van der Waals surface area (Å²) in [5.74, 6) is 2.50. The van der Waals surface area contributed by atoms with E-state index in [1.807, 2.05) is 116 Å². The lowest BCUT2D eigenvalue weighted by Crippen LogP contribution is -2.47. The fourth-order valence-corrected chi connectivity index (χ4v) is 7.55. The number of benzene rings is 4. The molecule has 4 aromatic carbocycles. The third-order valence-electron chi connectivity index (χ3n) is 11.4. The number of aryl methyl sites for hydroxylation is 2. The van der Waals surface area contributed by atoms with Crippen LogP contribution in [0.5, 0.6) is 0 Å². The molecule has 7 N–H and O–H groups in total. The zero-order chi connectivity index (χ0) is 45.7. The van der Waals surface area contributed by atoms with Crippen LogP contribution in [0.2, 0.25) is 0 Å². The lowest BCUT2D eigenvalue weighted by molar-refractivity contribution is 0.0932. The molecular formula is C48H50N14O4. The second-order valence-corrected chi connectivity index (χ2v) is 16.4. The maximum Gasteiger partial charge on any atom is 0.343 e. The molecule has 3 amide bonds. The average molecular weight is 887 g/mol. The summed E-state index contributed by atoms with van der Waals surface area (Å²) in [5, 5.41) is 28.0. The maximum atomic E-state index is 13.0. The first-order valence-corrected chi connectivity index (χ1v) is 21.9. The van der Waals surface area contributed by atoms with E-state index in [1.165, 1.54) is 0 Å². The Balaban J connectivity index is 0.000000157. The van der Waals surface area contributed by atoms with Crippen molar-refractivity contribution in [2.75, 3.05) is 13.2 Å². The highest BCUT2D eigenvalue weighted by atomic mass is 16.2. The van der Waals surface area contributed by atoms with Crippen LogP contribution in [0.3, 0.4) is 0 Å². The Morgan fingerprint density at radius 1 is 0.712 bits per heavy atom. The Bertz CT molecular complexity index is 3190. The predicted molar refractivity (Wildman–Crippen MR) is 252 cm³/mol. The number of amides is 3. The zero-order valence-electron chi connectivity index (χ0n) is 36.7. The van der Waals surface area contributed by atoms with E-state index in [9.17, 15) is 14.4 Å². The van der Waals surface area contributed by atoms with Gasteiger partial charge in [0, 0.05) is 66.8 Å². The van der Waals surface area contributed by atoms with E-state index in [0.717, 1.165) is 87.0 Å². The van der Waals surface area contributed by atoms with Crippen molar-refractivity contribution < 1.29 is 14.7 Å². The molecule has 2 aliphatic rings. The van der Waals surface area contributed by atoms with Gasteiger partial charge in [0.05, 0.1) is 23.4 Å². The Kier molecular flexibility index (Phi) is 12.4.